The Balaban J connectivity index is 1.53. The number of hydrogen-bond donors (Lipinski definition) is 2. The van der Waals surface area contributed by atoms with Gasteiger partial charge in [0.15, 0.2) is 0 Å². The number of esters is 1. The molecule has 0 aromatic heterocycles. The molecule has 2 bridgehead atoms. The van der Waals surface area contributed by atoms with E-state index in [4.69, 9.17) is 9.47 Å². The third-order valence-electron chi connectivity index (χ3n) is 7.55. The summed E-state index contributed by atoms with van der Waals surface area (Å²) in [5.74, 6) is -2.77. The first-order valence-corrected chi connectivity index (χ1v) is 12.2. The lowest BCUT2D eigenvalue weighted by Crippen LogP contribution is -2.56. The van der Waals surface area contributed by atoms with Gasteiger partial charge in [-0.05, 0) is 30.9 Å². The number of nitrogens with zero attached hydrogens (tertiary/aromatic N) is 1. The molecule has 2 aromatic carbocycles. The molecule has 3 aliphatic rings. The number of benzene rings is 2. The summed E-state index contributed by atoms with van der Waals surface area (Å²) >= 11 is 0. The zero-order valence-corrected chi connectivity index (χ0v) is 19.6. The van der Waals surface area contributed by atoms with Gasteiger partial charge in [0.1, 0.15) is 11.6 Å². The van der Waals surface area contributed by atoms with Crippen LogP contribution in [0.25, 0.3) is 0 Å². The number of aliphatic hydroxyl groups excluding tert-OH is 1. The molecule has 35 heavy (non-hydrogen) atoms. The van der Waals surface area contributed by atoms with Crippen LogP contribution in [0.1, 0.15) is 36.9 Å². The van der Waals surface area contributed by atoms with Crippen molar-refractivity contribution in [2.24, 2.45) is 11.8 Å². The molecule has 3 saturated heterocycles. The number of ether oxygens (including phenoxy) is 2. The van der Waals surface area contributed by atoms with Crippen LogP contribution in [-0.2, 0) is 30.4 Å². The second-order valence-electron chi connectivity index (χ2n) is 9.37. The molecule has 2 unspecified atom stereocenters. The van der Waals surface area contributed by atoms with E-state index in [1.165, 1.54) is 4.90 Å². The Morgan fingerprint density at radius 1 is 1.17 bits per heavy atom. The second kappa shape index (κ2) is 9.43. The molecule has 0 aliphatic carbocycles. The molecule has 6 atom stereocenters. The number of amides is 2. The Labute approximate surface area is 204 Å². The molecule has 5 rings (SSSR count). The zero-order valence-electron chi connectivity index (χ0n) is 19.6. The topological polar surface area (TPSA) is 105 Å². The van der Waals surface area contributed by atoms with E-state index < -0.39 is 41.6 Å². The molecule has 2 amide bonds. The first kappa shape index (κ1) is 23.5. The number of likely N-dealkylation sites (tertiary alicyclic amines) is 1. The van der Waals surface area contributed by atoms with Crippen LogP contribution in [0, 0.1) is 11.8 Å². The first-order chi connectivity index (χ1) is 17.0. The quantitative estimate of drug-likeness (QED) is 0.562. The summed E-state index contributed by atoms with van der Waals surface area (Å²) in [4.78, 5) is 42.1. The Bertz CT molecular complexity index is 1090. The minimum atomic E-state index is -1.14. The van der Waals surface area contributed by atoms with Crippen LogP contribution in [0.2, 0.25) is 0 Å². The van der Waals surface area contributed by atoms with Crippen LogP contribution in [0.3, 0.4) is 0 Å². The van der Waals surface area contributed by atoms with Crippen molar-refractivity contribution in [3.05, 3.63) is 71.8 Å². The normalized spacial score (nSPS) is 29.7. The second-order valence-corrected chi connectivity index (χ2v) is 9.37. The first-order valence-electron chi connectivity index (χ1n) is 12.2. The molecular weight excluding hydrogens is 448 g/mol. The number of fused-ring (bicyclic) bond motifs is 1. The van der Waals surface area contributed by atoms with Gasteiger partial charge in [-0.3, -0.25) is 14.4 Å². The Hall–Kier alpha value is -3.23. The van der Waals surface area contributed by atoms with Crippen molar-refractivity contribution in [1.29, 1.82) is 0 Å². The van der Waals surface area contributed by atoms with Gasteiger partial charge in [-0.1, -0.05) is 60.7 Å². The Kier molecular flexibility index (Phi) is 6.34. The molecule has 3 aliphatic heterocycles. The van der Waals surface area contributed by atoms with Crippen LogP contribution in [-0.4, -0.2) is 58.8 Å². The van der Waals surface area contributed by atoms with Crippen LogP contribution in [0.4, 0.5) is 0 Å². The number of nitrogens with one attached hydrogen (secondary N) is 1. The van der Waals surface area contributed by atoms with Crippen molar-refractivity contribution in [3.8, 4) is 0 Å². The molecule has 3 fully saturated rings. The van der Waals surface area contributed by atoms with Crippen molar-refractivity contribution in [2.75, 3.05) is 13.2 Å². The highest BCUT2D eigenvalue weighted by Crippen LogP contribution is 2.59. The predicted octanol–water partition coefficient (Wildman–Crippen LogP) is 1.97. The maximum absolute atomic E-state index is 14.0. The lowest BCUT2D eigenvalue weighted by atomic mass is 9.71. The Morgan fingerprint density at radius 3 is 2.51 bits per heavy atom. The van der Waals surface area contributed by atoms with Crippen LogP contribution < -0.4 is 5.32 Å². The summed E-state index contributed by atoms with van der Waals surface area (Å²) in [6.45, 7) is 1.85. The van der Waals surface area contributed by atoms with Crippen LogP contribution in [0.15, 0.2) is 60.7 Å². The molecule has 0 saturated carbocycles. The summed E-state index contributed by atoms with van der Waals surface area (Å²) in [7, 11) is 0. The average molecular weight is 479 g/mol. The van der Waals surface area contributed by atoms with E-state index in [2.05, 4.69) is 5.32 Å². The van der Waals surface area contributed by atoms with Gasteiger partial charge in [0.05, 0.1) is 37.2 Å². The molecule has 2 N–H and O–H groups in total. The smallest absolute Gasteiger partial charge is 0.312 e. The SMILES string of the molecule is CCOC(=O)[C@@H]1[C@@H]2CCC3(O2)C(C(=O)NCc2ccccc2)N([C@H](CO)c2ccccc2)C(=O)[C@H]13. The lowest BCUT2D eigenvalue weighted by Gasteiger charge is -2.36. The number of rotatable bonds is 8. The van der Waals surface area contributed by atoms with E-state index in [0.717, 1.165) is 5.56 Å². The zero-order chi connectivity index (χ0) is 24.6. The predicted molar refractivity (Wildman–Crippen MR) is 126 cm³/mol. The monoisotopic (exact) mass is 478 g/mol. The summed E-state index contributed by atoms with van der Waals surface area (Å²) in [6.07, 6.45) is 0.592. The highest BCUT2D eigenvalue weighted by Gasteiger charge is 2.75. The van der Waals surface area contributed by atoms with Gasteiger partial charge >= 0.3 is 5.97 Å². The molecule has 1 spiro atoms. The van der Waals surface area contributed by atoms with Gasteiger partial charge in [-0.2, -0.15) is 0 Å². The minimum absolute atomic E-state index is 0.198. The molecule has 8 heteroatoms. The summed E-state index contributed by atoms with van der Waals surface area (Å²) in [5.41, 5.74) is 0.499. The molecule has 0 radical (unpaired) electrons. The number of carbonyl (C=O) groups is 3. The van der Waals surface area contributed by atoms with Gasteiger partial charge < -0.3 is 24.8 Å². The van der Waals surface area contributed by atoms with Crippen molar-refractivity contribution in [1.82, 2.24) is 10.2 Å². The molecule has 184 valence electrons. The minimum Gasteiger partial charge on any atom is -0.466 e. The summed E-state index contributed by atoms with van der Waals surface area (Å²) in [5, 5.41) is 13.4. The van der Waals surface area contributed by atoms with Gasteiger partial charge in [-0.15, -0.1) is 0 Å². The summed E-state index contributed by atoms with van der Waals surface area (Å²) < 4.78 is 11.7. The van der Waals surface area contributed by atoms with Crippen molar-refractivity contribution in [2.45, 2.75) is 50.1 Å². The maximum Gasteiger partial charge on any atom is 0.312 e. The third-order valence-corrected chi connectivity index (χ3v) is 7.55. The molecule has 2 aromatic rings. The number of hydrogen-bond acceptors (Lipinski definition) is 6. The molecule has 8 nitrogen and oxygen atoms in total. The number of carbonyl (C=O) groups excluding carboxylic acids is 3. The fourth-order valence-corrected chi connectivity index (χ4v) is 6.14. The molecular formula is C27H30N2O6. The highest BCUT2D eigenvalue weighted by atomic mass is 16.6. The van der Waals surface area contributed by atoms with E-state index in [9.17, 15) is 19.5 Å². The standard InChI is InChI=1S/C27H30N2O6/c1-2-34-26(33)21-20-13-14-27(35-20)22(21)25(32)29(19(16-30)18-11-7-4-8-12-18)23(27)24(31)28-15-17-9-5-3-6-10-17/h3-12,19-23,30H,2,13-16H2,1H3,(H,28,31)/t19-,20+,21-,22+,23?,27?/m1/s1. The average Bonchev–Trinajstić information content (AvgIpc) is 3.52. The maximum atomic E-state index is 14.0. The molecule has 3 heterocycles. The van der Waals surface area contributed by atoms with E-state index in [0.29, 0.717) is 24.9 Å². The van der Waals surface area contributed by atoms with Gasteiger partial charge in [-0.25, -0.2) is 0 Å². The van der Waals surface area contributed by atoms with Crippen molar-refractivity contribution in [3.63, 3.8) is 0 Å². The van der Waals surface area contributed by atoms with E-state index in [1.807, 2.05) is 60.7 Å². The largest absolute Gasteiger partial charge is 0.466 e. The van der Waals surface area contributed by atoms with Crippen LogP contribution >= 0.6 is 0 Å². The van der Waals surface area contributed by atoms with E-state index in [-0.39, 0.29) is 25.0 Å². The highest BCUT2D eigenvalue weighted by molar-refractivity contribution is 5.98. The third kappa shape index (κ3) is 3.81. The van der Waals surface area contributed by atoms with Crippen LogP contribution in [0.5, 0.6) is 0 Å². The summed E-state index contributed by atoms with van der Waals surface area (Å²) in [6, 6.07) is 16.9. The fraction of sp³-hybridized carbons (Fsp3) is 0.444. The van der Waals surface area contributed by atoms with E-state index >= 15 is 0 Å². The Morgan fingerprint density at radius 2 is 1.86 bits per heavy atom. The van der Waals surface area contributed by atoms with Crippen molar-refractivity contribution >= 4 is 17.8 Å². The van der Waals surface area contributed by atoms with Gasteiger partial charge in [0, 0.05) is 6.54 Å². The lowest BCUT2D eigenvalue weighted by molar-refractivity contribution is -0.155. The van der Waals surface area contributed by atoms with Crippen molar-refractivity contribution < 1.29 is 29.0 Å². The number of aliphatic hydroxyl groups is 1. The van der Waals surface area contributed by atoms with Gasteiger partial charge in [0.2, 0.25) is 11.8 Å². The van der Waals surface area contributed by atoms with Gasteiger partial charge in [0.25, 0.3) is 0 Å². The van der Waals surface area contributed by atoms with E-state index in [1.54, 1.807) is 6.92 Å². The fourth-order valence-electron chi connectivity index (χ4n) is 6.14.